The van der Waals surface area contributed by atoms with Gasteiger partial charge in [-0.25, -0.2) is 0 Å². The van der Waals surface area contributed by atoms with E-state index in [1.807, 2.05) is 11.3 Å². The van der Waals surface area contributed by atoms with Gasteiger partial charge in [0.05, 0.1) is 0 Å². The SMILES string of the molecule is c1ccc2c(c1)sc1ccc(N3CCCC3)cc12. The van der Waals surface area contributed by atoms with Crippen LogP contribution in [0, 0.1) is 0 Å². The minimum atomic E-state index is 1.22. The first kappa shape index (κ1) is 10.4. The second-order valence-electron chi connectivity index (χ2n) is 4.97. The first-order valence-electron chi connectivity index (χ1n) is 6.58. The van der Waals surface area contributed by atoms with Gasteiger partial charge in [-0.05, 0) is 37.1 Å². The van der Waals surface area contributed by atoms with Crippen LogP contribution in [0.4, 0.5) is 5.69 Å². The van der Waals surface area contributed by atoms with Gasteiger partial charge in [0.2, 0.25) is 0 Å². The van der Waals surface area contributed by atoms with Gasteiger partial charge in [-0.3, -0.25) is 0 Å². The van der Waals surface area contributed by atoms with Crippen LogP contribution in [0.2, 0.25) is 0 Å². The Hall–Kier alpha value is -1.54. The van der Waals surface area contributed by atoms with Gasteiger partial charge < -0.3 is 4.90 Å². The monoisotopic (exact) mass is 253 g/mol. The van der Waals surface area contributed by atoms with Gasteiger partial charge >= 0.3 is 0 Å². The predicted octanol–water partition coefficient (Wildman–Crippen LogP) is 4.65. The number of benzene rings is 2. The third-order valence-electron chi connectivity index (χ3n) is 3.83. The third-order valence-corrected chi connectivity index (χ3v) is 4.98. The van der Waals surface area contributed by atoms with Crippen molar-refractivity contribution in [2.45, 2.75) is 12.8 Å². The Morgan fingerprint density at radius 3 is 2.50 bits per heavy atom. The van der Waals surface area contributed by atoms with Crippen LogP contribution in [0.3, 0.4) is 0 Å². The van der Waals surface area contributed by atoms with Crippen LogP contribution in [-0.2, 0) is 0 Å². The highest BCUT2D eigenvalue weighted by Crippen LogP contribution is 2.36. The van der Waals surface area contributed by atoms with Gasteiger partial charge in [-0.15, -0.1) is 11.3 Å². The number of nitrogens with zero attached hydrogens (tertiary/aromatic N) is 1. The van der Waals surface area contributed by atoms with Crippen LogP contribution in [-0.4, -0.2) is 13.1 Å². The second kappa shape index (κ2) is 3.99. The van der Waals surface area contributed by atoms with Gasteiger partial charge in [0.15, 0.2) is 0 Å². The van der Waals surface area contributed by atoms with Gasteiger partial charge in [-0.2, -0.15) is 0 Å². The number of fused-ring (bicyclic) bond motifs is 3. The minimum absolute atomic E-state index is 1.22. The first-order chi connectivity index (χ1) is 8.92. The van der Waals surface area contributed by atoms with E-state index in [1.54, 1.807) is 0 Å². The van der Waals surface area contributed by atoms with Crippen molar-refractivity contribution in [1.82, 2.24) is 0 Å². The standard InChI is InChI=1S/C16H15NS/c1-2-6-15-13(5-1)14-11-12(7-8-16(14)18-15)17-9-3-4-10-17/h1-2,5-8,11H,3-4,9-10H2. The molecule has 0 atom stereocenters. The maximum Gasteiger partial charge on any atom is 0.0373 e. The molecule has 1 fully saturated rings. The highest BCUT2D eigenvalue weighted by Gasteiger charge is 2.13. The van der Waals surface area contributed by atoms with Gasteiger partial charge in [-0.1, -0.05) is 18.2 Å². The van der Waals surface area contributed by atoms with E-state index in [9.17, 15) is 0 Å². The Balaban J connectivity index is 1.94. The summed E-state index contributed by atoms with van der Waals surface area (Å²) in [5, 5.41) is 2.82. The van der Waals surface area contributed by atoms with Crippen molar-refractivity contribution in [3.8, 4) is 0 Å². The summed E-state index contributed by atoms with van der Waals surface area (Å²) < 4.78 is 2.80. The van der Waals surface area contributed by atoms with Crippen LogP contribution < -0.4 is 4.90 Å². The number of rotatable bonds is 1. The zero-order chi connectivity index (χ0) is 11.9. The zero-order valence-electron chi connectivity index (χ0n) is 10.2. The molecule has 1 aliphatic rings. The Labute approximate surface area is 111 Å². The molecule has 2 aromatic carbocycles. The summed E-state index contributed by atoms with van der Waals surface area (Å²) in [6.07, 6.45) is 2.67. The van der Waals surface area contributed by atoms with Crippen molar-refractivity contribution < 1.29 is 0 Å². The summed E-state index contributed by atoms with van der Waals surface area (Å²) in [5.74, 6) is 0. The Morgan fingerprint density at radius 1 is 0.833 bits per heavy atom. The average molecular weight is 253 g/mol. The van der Waals surface area contributed by atoms with E-state index in [2.05, 4.69) is 47.4 Å². The smallest absolute Gasteiger partial charge is 0.0373 e. The van der Waals surface area contributed by atoms with E-state index < -0.39 is 0 Å². The van der Waals surface area contributed by atoms with E-state index in [0.29, 0.717) is 0 Å². The predicted molar refractivity (Wildman–Crippen MR) is 80.8 cm³/mol. The lowest BCUT2D eigenvalue weighted by molar-refractivity contribution is 0.949. The van der Waals surface area contributed by atoms with Crippen LogP contribution in [0.15, 0.2) is 42.5 Å². The quantitative estimate of drug-likeness (QED) is 0.610. The maximum absolute atomic E-state index is 2.51. The molecule has 2 heteroatoms. The molecule has 0 N–H and O–H groups in total. The topological polar surface area (TPSA) is 3.24 Å². The van der Waals surface area contributed by atoms with E-state index >= 15 is 0 Å². The van der Waals surface area contributed by atoms with Gasteiger partial charge in [0.25, 0.3) is 0 Å². The molecule has 1 aliphatic heterocycles. The molecular weight excluding hydrogens is 238 g/mol. The summed E-state index contributed by atoms with van der Waals surface area (Å²) in [6.45, 7) is 2.43. The highest BCUT2D eigenvalue weighted by molar-refractivity contribution is 7.25. The lowest BCUT2D eigenvalue weighted by atomic mass is 10.1. The van der Waals surface area contributed by atoms with E-state index in [0.717, 1.165) is 0 Å². The normalized spacial score (nSPS) is 15.9. The fourth-order valence-electron chi connectivity index (χ4n) is 2.89. The van der Waals surface area contributed by atoms with Gasteiger partial charge in [0, 0.05) is 38.9 Å². The fraction of sp³-hybridized carbons (Fsp3) is 0.250. The first-order valence-corrected chi connectivity index (χ1v) is 7.40. The van der Waals surface area contributed by atoms with Crippen LogP contribution in [0.5, 0.6) is 0 Å². The number of anilines is 1. The summed E-state index contributed by atoms with van der Waals surface area (Å²) in [5.41, 5.74) is 1.39. The Morgan fingerprint density at radius 2 is 1.61 bits per heavy atom. The number of hydrogen-bond donors (Lipinski definition) is 0. The Bertz CT molecular complexity index is 707. The molecule has 3 aromatic rings. The second-order valence-corrected chi connectivity index (χ2v) is 6.06. The molecule has 0 aliphatic carbocycles. The summed E-state index contributed by atoms with van der Waals surface area (Å²) in [7, 11) is 0. The van der Waals surface area contributed by atoms with E-state index in [4.69, 9.17) is 0 Å². The van der Waals surface area contributed by atoms with Crippen LogP contribution >= 0.6 is 11.3 Å². The number of hydrogen-bond acceptors (Lipinski definition) is 2. The van der Waals surface area contributed by atoms with Crippen molar-refractivity contribution in [3.05, 3.63) is 42.5 Å². The van der Waals surface area contributed by atoms with Crippen molar-refractivity contribution in [3.63, 3.8) is 0 Å². The number of thiophene rings is 1. The van der Waals surface area contributed by atoms with Gasteiger partial charge in [0.1, 0.15) is 0 Å². The molecule has 0 saturated carbocycles. The fourth-order valence-corrected chi connectivity index (χ4v) is 3.97. The molecule has 0 bridgehead atoms. The van der Waals surface area contributed by atoms with E-state index in [1.165, 1.54) is 51.8 Å². The molecule has 0 radical (unpaired) electrons. The summed E-state index contributed by atoms with van der Waals surface area (Å²) >= 11 is 1.89. The van der Waals surface area contributed by atoms with Crippen molar-refractivity contribution in [2.75, 3.05) is 18.0 Å². The molecule has 0 spiro atoms. The van der Waals surface area contributed by atoms with Crippen molar-refractivity contribution in [1.29, 1.82) is 0 Å². The van der Waals surface area contributed by atoms with Crippen molar-refractivity contribution in [2.24, 2.45) is 0 Å². The molecule has 0 unspecified atom stereocenters. The highest BCUT2D eigenvalue weighted by atomic mass is 32.1. The molecular formula is C16H15NS. The molecule has 2 heterocycles. The molecule has 90 valence electrons. The lowest BCUT2D eigenvalue weighted by Gasteiger charge is -2.17. The van der Waals surface area contributed by atoms with E-state index in [-0.39, 0.29) is 0 Å². The summed E-state index contributed by atoms with van der Waals surface area (Å²) in [6, 6.07) is 15.7. The lowest BCUT2D eigenvalue weighted by Crippen LogP contribution is -2.17. The Kier molecular flexibility index (Phi) is 2.30. The van der Waals surface area contributed by atoms with Crippen LogP contribution in [0.1, 0.15) is 12.8 Å². The molecule has 1 saturated heterocycles. The molecule has 4 rings (SSSR count). The molecule has 1 aromatic heterocycles. The summed E-state index contributed by atoms with van der Waals surface area (Å²) in [4.78, 5) is 2.51. The largest absolute Gasteiger partial charge is 0.372 e. The maximum atomic E-state index is 2.51. The molecule has 0 amide bonds. The van der Waals surface area contributed by atoms with Crippen molar-refractivity contribution >= 4 is 37.2 Å². The average Bonchev–Trinajstić information content (AvgIpc) is 3.05. The molecule has 1 nitrogen and oxygen atoms in total. The molecule has 18 heavy (non-hydrogen) atoms. The zero-order valence-corrected chi connectivity index (χ0v) is 11.0. The minimum Gasteiger partial charge on any atom is -0.372 e. The third kappa shape index (κ3) is 1.52. The van der Waals surface area contributed by atoms with Crippen LogP contribution in [0.25, 0.3) is 20.2 Å².